The van der Waals surface area contributed by atoms with Crippen LogP contribution in [0.3, 0.4) is 0 Å². The van der Waals surface area contributed by atoms with Crippen molar-refractivity contribution in [1.29, 1.82) is 0 Å². The number of nitrogens with one attached hydrogen (secondary N) is 1. The van der Waals surface area contributed by atoms with Gasteiger partial charge in [0.15, 0.2) is 6.61 Å². The molecule has 1 aromatic heterocycles. The predicted molar refractivity (Wildman–Crippen MR) is 86.8 cm³/mol. The maximum Gasteiger partial charge on any atom is 0.260 e. The first-order valence-corrected chi connectivity index (χ1v) is 9.54. The molecule has 9 heteroatoms. The fourth-order valence-electron chi connectivity index (χ4n) is 2.34. The van der Waals surface area contributed by atoms with E-state index < -0.39 is 15.8 Å². The van der Waals surface area contributed by atoms with Gasteiger partial charge in [0, 0.05) is 25.2 Å². The van der Waals surface area contributed by atoms with E-state index in [2.05, 4.69) is 4.72 Å². The van der Waals surface area contributed by atoms with Crippen LogP contribution in [-0.4, -0.2) is 38.9 Å². The van der Waals surface area contributed by atoms with E-state index in [4.69, 9.17) is 4.74 Å². The summed E-state index contributed by atoms with van der Waals surface area (Å²) >= 11 is 1.12. The minimum absolute atomic E-state index is 0.0661. The van der Waals surface area contributed by atoms with Gasteiger partial charge in [-0.1, -0.05) is 6.07 Å². The molecule has 0 saturated heterocycles. The van der Waals surface area contributed by atoms with E-state index in [0.29, 0.717) is 11.3 Å². The number of hydrogen-bond acceptors (Lipinski definition) is 5. The van der Waals surface area contributed by atoms with Gasteiger partial charge in [-0.05, 0) is 29.6 Å². The van der Waals surface area contributed by atoms with Crippen molar-refractivity contribution in [2.24, 2.45) is 0 Å². The molecule has 0 atom stereocenters. The fourth-order valence-corrected chi connectivity index (χ4v) is 4.40. The summed E-state index contributed by atoms with van der Waals surface area (Å²) in [5.41, 5.74) is 0.557. The van der Waals surface area contributed by atoms with Crippen LogP contribution in [0.25, 0.3) is 0 Å². The zero-order valence-corrected chi connectivity index (χ0v) is 14.2. The first-order valence-electron chi connectivity index (χ1n) is 7.18. The van der Waals surface area contributed by atoms with Gasteiger partial charge in [-0.3, -0.25) is 4.79 Å². The summed E-state index contributed by atoms with van der Waals surface area (Å²) in [4.78, 5) is 13.5. The molecule has 24 heavy (non-hydrogen) atoms. The van der Waals surface area contributed by atoms with Crippen molar-refractivity contribution in [3.8, 4) is 5.75 Å². The van der Waals surface area contributed by atoms with Crippen LogP contribution in [0.2, 0.25) is 0 Å². The Morgan fingerprint density at radius 3 is 2.92 bits per heavy atom. The molecule has 2 heterocycles. The van der Waals surface area contributed by atoms with Crippen molar-refractivity contribution in [2.75, 3.05) is 19.7 Å². The van der Waals surface area contributed by atoms with E-state index in [0.717, 1.165) is 11.3 Å². The number of benzene rings is 1. The van der Waals surface area contributed by atoms with Gasteiger partial charge in [-0.2, -0.15) is 0 Å². The normalized spacial score (nSPS) is 14.9. The van der Waals surface area contributed by atoms with Crippen molar-refractivity contribution < 1.29 is 22.3 Å². The number of rotatable bonds is 5. The molecule has 0 saturated carbocycles. The molecule has 1 N–H and O–H groups in total. The first kappa shape index (κ1) is 16.9. The van der Waals surface area contributed by atoms with Crippen molar-refractivity contribution in [3.63, 3.8) is 0 Å². The molecule has 2 aromatic rings. The highest BCUT2D eigenvalue weighted by Gasteiger charge is 2.22. The molecule has 0 aliphatic carbocycles. The molecule has 1 aromatic carbocycles. The first-order chi connectivity index (χ1) is 11.5. The molecule has 0 fully saturated rings. The van der Waals surface area contributed by atoms with Crippen LogP contribution >= 0.6 is 11.3 Å². The monoisotopic (exact) mass is 370 g/mol. The second kappa shape index (κ2) is 6.88. The lowest BCUT2D eigenvalue weighted by Gasteiger charge is -2.20. The van der Waals surface area contributed by atoms with Gasteiger partial charge >= 0.3 is 0 Å². The number of hydrogen-bond donors (Lipinski definition) is 1. The third-order valence-electron chi connectivity index (χ3n) is 3.52. The standard InChI is InChI=1S/C15H15FN2O4S2/c16-12-3-4-13-11(8-12)9-18(14(19)10-22-13)6-5-17-24(20,21)15-2-1-7-23-15/h1-4,7-8,17H,5-6,9-10H2. The second-order valence-corrected chi connectivity index (χ2v) is 8.13. The predicted octanol–water partition coefficient (Wildman–Crippen LogP) is 1.59. The van der Waals surface area contributed by atoms with E-state index in [-0.39, 0.29) is 36.4 Å². The van der Waals surface area contributed by atoms with Crippen LogP contribution < -0.4 is 9.46 Å². The number of halogens is 1. The maximum absolute atomic E-state index is 13.4. The van der Waals surface area contributed by atoms with Crippen molar-refractivity contribution in [3.05, 3.63) is 47.1 Å². The lowest BCUT2D eigenvalue weighted by atomic mass is 10.2. The Bertz CT molecular complexity index is 837. The Labute approximate surface area is 142 Å². The summed E-state index contributed by atoms with van der Waals surface area (Å²) in [6, 6.07) is 7.24. The van der Waals surface area contributed by atoms with Gasteiger partial charge in [0.05, 0.1) is 0 Å². The van der Waals surface area contributed by atoms with E-state index >= 15 is 0 Å². The van der Waals surface area contributed by atoms with Crippen LogP contribution in [0.4, 0.5) is 4.39 Å². The number of carbonyl (C=O) groups excluding carboxylic acids is 1. The number of carbonyl (C=O) groups is 1. The Kier molecular flexibility index (Phi) is 4.83. The fraction of sp³-hybridized carbons (Fsp3) is 0.267. The molecule has 0 bridgehead atoms. The zero-order valence-electron chi connectivity index (χ0n) is 12.6. The van der Waals surface area contributed by atoms with Crippen molar-refractivity contribution >= 4 is 27.3 Å². The largest absolute Gasteiger partial charge is 0.483 e. The molecule has 128 valence electrons. The zero-order chi connectivity index (χ0) is 17.2. The number of nitrogens with zero attached hydrogens (tertiary/aromatic N) is 1. The quantitative estimate of drug-likeness (QED) is 0.867. The Balaban J connectivity index is 1.65. The summed E-state index contributed by atoms with van der Waals surface area (Å²) in [7, 11) is -3.57. The number of sulfonamides is 1. The summed E-state index contributed by atoms with van der Waals surface area (Å²) in [5, 5.41) is 1.68. The van der Waals surface area contributed by atoms with Crippen LogP contribution in [0.15, 0.2) is 39.9 Å². The number of amides is 1. The third kappa shape index (κ3) is 3.74. The third-order valence-corrected chi connectivity index (χ3v) is 6.38. The SMILES string of the molecule is O=C1COc2ccc(F)cc2CN1CCNS(=O)(=O)c1cccs1. The molecule has 1 amide bonds. The average molecular weight is 370 g/mol. The molecule has 6 nitrogen and oxygen atoms in total. The van der Waals surface area contributed by atoms with E-state index in [1.165, 1.54) is 29.2 Å². The summed E-state index contributed by atoms with van der Waals surface area (Å²) in [6.45, 7) is 0.252. The van der Waals surface area contributed by atoms with Gasteiger partial charge < -0.3 is 9.64 Å². The number of ether oxygens (including phenoxy) is 1. The summed E-state index contributed by atoms with van der Waals surface area (Å²) in [5.74, 6) is -0.224. The van der Waals surface area contributed by atoms with Crippen LogP contribution in [0, 0.1) is 5.82 Å². The highest BCUT2D eigenvalue weighted by Crippen LogP contribution is 2.24. The van der Waals surface area contributed by atoms with Gasteiger partial charge in [-0.25, -0.2) is 17.5 Å². The Hall–Kier alpha value is -1.97. The average Bonchev–Trinajstić information content (AvgIpc) is 3.03. The van der Waals surface area contributed by atoms with E-state index in [1.54, 1.807) is 11.4 Å². The number of thiophene rings is 1. The molecule has 3 rings (SSSR count). The highest BCUT2D eigenvalue weighted by molar-refractivity contribution is 7.91. The summed E-state index contributed by atoms with van der Waals surface area (Å²) in [6.07, 6.45) is 0. The van der Waals surface area contributed by atoms with Crippen LogP contribution in [0.5, 0.6) is 5.75 Å². The van der Waals surface area contributed by atoms with Gasteiger partial charge in [0.2, 0.25) is 10.0 Å². The van der Waals surface area contributed by atoms with Crippen LogP contribution in [-0.2, 0) is 21.4 Å². The molecule has 1 aliphatic heterocycles. The minimum atomic E-state index is -3.57. The molecule has 0 radical (unpaired) electrons. The van der Waals surface area contributed by atoms with Crippen LogP contribution in [0.1, 0.15) is 5.56 Å². The lowest BCUT2D eigenvalue weighted by Crippen LogP contribution is -2.39. The van der Waals surface area contributed by atoms with Gasteiger partial charge in [0.1, 0.15) is 15.8 Å². The van der Waals surface area contributed by atoms with E-state index in [9.17, 15) is 17.6 Å². The number of fused-ring (bicyclic) bond motifs is 1. The second-order valence-electron chi connectivity index (χ2n) is 5.19. The lowest BCUT2D eigenvalue weighted by molar-refractivity contribution is -0.133. The van der Waals surface area contributed by atoms with Gasteiger partial charge in [-0.15, -0.1) is 11.3 Å². The molecule has 0 unspecified atom stereocenters. The van der Waals surface area contributed by atoms with Crippen molar-refractivity contribution in [2.45, 2.75) is 10.8 Å². The molecular weight excluding hydrogens is 355 g/mol. The summed E-state index contributed by atoms with van der Waals surface area (Å²) < 4.78 is 45.5. The molecule has 0 spiro atoms. The Morgan fingerprint density at radius 2 is 2.17 bits per heavy atom. The van der Waals surface area contributed by atoms with E-state index in [1.807, 2.05) is 0 Å². The maximum atomic E-state index is 13.4. The topological polar surface area (TPSA) is 75.7 Å². The van der Waals surface area contributed by atoms with Gasteiger partial charge in [0.25, 0.3) is 5.91 Å². The smallest absolute Gasteiger partial charge is 0.260 e. The highest BCUT2D eigenvalue weighted by atomic mass is 32.2. The van der Waals surface area contributed by atoms with Crippen molar-refractivity contribution in [1.82, 2.24) is 9.62 Å². The molecular formula is C15H15FN2O4S2. The Morgan fingerprint density at radius 1 is 1.33 bits per heavy atom. The minimum Gasteiger partial charge on any atom is -0.483 e. The molecule has 1 aliphatic rings.